The van der Waals surface area contributed by atoms with Gasteiger partial charge in [0, 0.05) is 49.0 Å². The van der Waals surface area contributed by atoms with E-state index in [2.05, 4.69) is 5.32 Å². The molecule has 0 spiro atoms. The number of halogens is 2. The Hall–Kier alpha value is -2.12. The van der Waals surface area contributed by atoms with Crippen LogP contribution in [0.2, 0.25) is 5.02 Å². The molecule has 1 heterocycles. The van der Waals surface area contributed by atoms with Crippen LogP contribution in [0, 0.1) is 0 Å². The molecule has 2 aromatic rings. The average Bonchev–Trinajstić information content (AvgIpc) is 2.70. The summed E-state index contributed by atoms with van der Waals surface area (Å²) in [6.45, 7) is 3.31. The number of carbonyl (C=O) groups excluding carboxylic acids is 2. The molecule has 6 nitrogen and oxygen atoms in total. The monoisotopic (exact) mass is 422 g/mol. The van der Waals surface area contributed by atoms with Gasteiger partial charge < -0.3 is 16.0 Å². The Morgan fingerprint density at radius 1 is 0.964 bits per heavy atom. The van der Waals surface area contributed by atoms with Crippen molar-refractivity contribution in [1.29, 1.82) is 0 Å². The van der Waals surface area contributed by atoms with Crippen LogP contribution >= 0.6 is 24.0 Å². The minimum atomic E-state index is -0.0746. The van der Waals surface area contributed by atoms with Crippen molar-refractivity contribution in [1.82, 2.24) is 9.80 Å². The highest BCUT2D eigenvalue weighted by atomic mass is 35.5. The molecule has 0 aliphatic carbocycles. The lowest BCUT2D eigenvalue weighted by molar-refractivity contribution is -0.117. The lowest BCUT2D eigenvalue weighted by Crippen LogP contribution is -2.50. The van der Waals surface area contributed by atoms with E-state index in [0.29, 0.717) is 49.9 Å². The first kappa shape index (κ1) is 22.2. The second-order valence-corrected chi connectivity index (χ2v) is 6.96. The molecule has 2 aromatic carbocycles. The Morgan fingerprint density at radius 3 is 2.14 bits per heavy atom. The maximum atomic E-state index is 12.6. The van der Waals surface area contributed by atoms with Crippen molar-refractivity contribution in [2.75, 3.05) is 38.0 Å². The molecule has 8 heteroatoms. The molecule has 1 aliphatic rings. The van der Waals surface area contributed by atoms with Crippen molar-refractivity contribution in [3.8, 4) is 0 Å². The van der Waals surface area contributed by atoms with Crippen molar-refractivity contribution in [3.05, 3.63) is 64.7 Å². The van der Waals surface area contributed by atoms with Crippen molar-refractivity contribution in [3.63, 3.8) is 0 Å². The summed E-state index contributed by atoms with van der Waals surface area (Å²) in [6, 6.07) is 14.4. The normalized spacial score (nSPS) is 14.3. The van der Waals surface area contributed by atoms with Gasteiger partial charge in [0.15, 0.2) is 0 Å². The number of carbonyl (C=O) groups is 2. The standard InChI is InChI=1S/C20H23ClN4O2.ClH/c21-17-5-7-18(8-6-17)23-19(26)14-24-9-11-25(12-10-24)20(27)16-3-1-15(13-22)2-4-16;/h1-8H,9-14,22H2,(H,23,26);1H. The van der Waals surface area contributed by atoms with Gasteiger partial charge in [-0.05, 0) is 42.0 Å². The number of anilines is 1. The van der Waals surface area contributed by atoms with E-state index >= 15 is 0 Å². The zero-order valence-corrected chi connectivity index (χ0v) is 17.0. The van der Waals surface area contributed by atoms with Gasteiger partial charge in [0.2, 0.25) is 5.91 Å². The minimum absolute atomic E-state index is 0. The summed E-state index contributed by atoms with van der Waals surface area (Å²) in [6.07, 6.45) is 0. The summed E-state index contributed by atoms with van der Waals surface area (Å²) < 4.78 is 0. The summed E-state index contributed by atoms with van der Waals surface area (Å²) in [5, 5.41) is 3.49. The maximum Gasteiger partial charge on any atom is 0.253 e. The first-order chi connectivity index (χ1) is 13.0. The molecule has 0 bridgehead atoms. The quantitative estimate of drug-likeness (QED) is 0.775. The van der Waals surface area contributed by atoms with Crippen LogP contribution in [0.5, 0.6) is 0 Å². The highest BCUT2D eigenvalue weighted by Gasteiger charge is 2.23. The molecule has 0 unspecified atom stereocenters. The fourth-order valence-electron chi connectivity index (χ4n) is 3.01. The number of hydrogen-bond donors (Lipinski definition) is 2. The van der Waals surface area contributed by atoms with Crippen LogP contribution in [0.3, 0.4) is 0 Å². The molecule has 1 aliphatic heterocycles. The van der Waals surface area contributed by atoms with Crippen LogP contribution in [0.15, 0.2) is 48.5 Å². The fourth-order valence-corrected chi connectivity index (χ4v) is 3.14. The minimum Gasteiger partial charge on any atom is -0.336 e. The van der Waals surface area contributed by atoms with Crippen LogP contribution in [0.25, 0.3) is 0 Å². The molecule has 0 atom stereocenters. The van der Waals surface area contributed by atoms with Crippen molar-refractivity contribution in [2.24, 2.45) is 5.73 Å². The van der Waals surface area contributed by atoms with Gasteiger partial charge in [-0.15, -0.1) is 12.4 Å². The largest absolute Gasteiger partial charge is 0.336 e. The molecule has 3 rings (SSSR count). The van der Waals surface area contributed by atoms with Gasteiger partial charge in [0.25, 0.3) is 5.91 Å². The molecular weight excluding hydrogens is 399 g/mol. The first-order valence-electron chi connectivity index (χ1n) is 8.91. The fraction of sp³-hybridized carbons (Fsp3) is 0.300. The van der Waals surface area contributed by atoms with Crippen LogP contribution < -0.4 is 11.1 Å². The SMILES string of the molecule is Cl.NCc1ccc(C(=O)N2CCN(CC(=O)Nc3ccc(Cl)cc3)CC2)cc1. The molecule has 1 saturated heterocycles. The van der Waals surface area contributed by atoms with Gasteiger partial charge in [0.05, 0.1) is 6.54 Å². The van der Waals surface area contributed by atoms with E-state index < -0.39 is 0 Å². The topological polar surface area (TPSA) is 78.7 Å². The summed E-state index contributed by atoms with van der Waals surface area (Å²) in [4.78, 5) is 28.6. The first-order valence-corrected chi connectivity index (χ1v) is 9.29. The van der Waals surface area contributed by atoms with E-state index in [1.165, 1.54) is 0 Å². The van der Waals surface area contributed by atoms with Gasteiger partial charge in [-0.3, -0.25) is 14.5 Å². The summed E-state index contributed by atoms with van der Waals surface area (Å²) >= 11 is 5.84. The van der Waals surface area contributed by atoms with Crippen LogP contribution in [-0.2, 0) is 11.3 Å². The predicted octanol–water partition coefficient (Wildman–Crippen LogP) is 2.62. The lowest BCUT2D eigenvalue weighted by atomic mass is 10.1. The highest BCUT2D eigenvalue weighted by molar-refractivity contribution is 6.30. The third kappa shape index (κ3) is 5.94. The van der Waals surface area contributed by atoms with Crippen molar-refractivity contribution in [2.45, 2.75) is 6.54 Å². The number of amides is 2. The van der Waals surface area contributed by atoms with E-state index in [4.69, 9.17) is 17.3 Å². The number of benzene rings is 2. The van der Waals surface area contributed by atoms with E-state index in [-0.39, 0.29) is 24.2 Å². The highest BCUT2D eigenvalue weighted by Crippen LogP contribution is 2.14. The van der Waals surface area contributed by atoms with E-state index in [0.717, 1.165) is 11.3 Å². The Morgan fingerprint density at radius 2 is 1.57 bits per heavy atom. The molecule has 2 amide bonds. The van der Waals surface area contributed by atoms with E-state index in [9.17, 15) is 9.59 Å². The maximum absolute atomic E-state index is 12.6. The number of rotatable bonds is 5. The van der Waals surface area contributed by atoms with E-state index in [1.54, 1.807) is 24.3 Å². The Bertz CT molecular complexity index is 789. The van der Waals surface area contributed by atoms with Crippen molar-refractivity contribution >= 4 is 41.5 Å². The molecule has 0 aromatic heterocycles. The number of nitrogens with one attached hydrogen (secondary N) is 1. The number of piperazine rings is 1. The molecular formula is C20H24Cl2N4O2. The van der Waals surface area contributed by atoms with Crippen LogP contribution in [0.1, 0.15) is 15.9 Å². The number of nitrogens with two attached hydrogens (primary N) is 1. The van der Waals surface area contributed by atoms with Gasteiger partial charge in [-0.1, -0.05) is 23.7 Å². The molecule has 0 radical (unpaired) electrons. The molecule has 1 fully saturated rings. The Kier molecular flexibility index (Phi) is 8.26. The molecule has 3 N–H and O–H groups in total. The van der Waals surface area contributed by atoms with Gasteiger partial charge in [-0.2, -0.15) is 0 Å². The number of hydrogen-bond acceptors (Lipinski definition) is 4. The zero-order chi connectivity index (χ0) is 19.2. The van der Waals surface area contributed by atoms with Gasteiger partial charge in [0.1, 0.15) is 0 Å². The smallest absolute Gasteiger partial charge is 0.253 e. The molecule has 150 valence electrons. The number of nitrogens with zero attached hydrogens (tertiary/aromatic N) is 2. The summed E-state index contributed by atoms with van der Waals surface area (Å²) in [5.41, 5.74) is 7.98. The van der Waals surface area contributed by atoms with E-state index in [1.807, 2.05) is 34.1 Å². The summed E-state index contributed by atoms with van der Waals surface area (Å²) in [7, 11) is 0. The third-order valence-corrected chi connectivity index (χ3v) is 4.84. The second kappa shape index (κ2) is 10.4. The average molecular weight is 423 g/mol. The van der Waals surface area contributed by atoms with Crippen LogP contribution in [-0.4, -0.2) is 54.3 Å². The molecule has 0 saturated carbocycles. The van der Waals surface area contributed by atoms with Crippen LogP contribution in [0.4, 0.5) is 5.69 Å². The summed E-state index contributed by atoms with van der Waals surface area (Å²) in [5.74, 6) is -0.0571. The molecule has 28 heavy (non-hydrogen) atoms. The Balaban J connectivity index is 0.00000280. The van der Waals surface area contributed by atoms with Crippen molar-refractivity contribution < 1.29 is 9.59 Å². The second-order valence-electron chi connectivity index (χ2n) is 6.52. The van der Waals surface area contributed by atoms with Gasteiger partial charge in [-0.25, -0.2) is 0 Å². The van der Waals surface area contributed by atoms with Gasteiger partial charge >= 0.3 is 0 Å². The Labute approximate surface area is 176 Å². The third-order valence-electron chi connectivity index (χ3n) is 4.59. The lowest BCUT2D eigenvalue weighted by Gasteiger charge is -2.34. The predicted molar refractivity (Wildman–Crippen MR) is 114 cm³/mol. The zero-order valence-electron chi connectivity index (χ0n) is 15.4.